The Labute approximate surface area is 130 Å². The maximum absolute atomic E-state index is 11.8. The van der Waals surface area contributed by atoms with E-state index in [0.717, 1.165) is 0 Å². The predicted molar refractivity (Wildman–Crippen MR) is 92.1 cm³/mol. The van der Waals surface area contributed by atoms with Gasteiger partial charge in [-0.05, 0) is 12.5 Å². The summed E-state index contributed by atoms with van der Waals surface area (Å²) in [5.74, 6) is -0.0697. The van der Waals surface area contributed by atoms with Crippen LogP contribution in [0.5, 0.6) is 0 Å². The Morgan fingerprint density at radius 2 is 1.24 bits per heavy atom. The molecule has 0 aromatic heterocycles. The third kappa shape index (κ3) is 6.52. The van der Waals surface area contributed by atoms with Gasteiger partial charge in [-0.3, -0.25) is 9.59 Å². The molecule has 1 aromatic carbocycles. The number of rotatable bonds is 1. The highest BCUT2D eigenvalue weighted by Gasteiger charge is 2.23. The van der Waals surface area contributed by atoms with E-state index in [-0.39, 0.29) is 11.6 Å². The molecule has 1 aromatic rings. The van der Waals surface area contributed by atoms with E-state index in [0.29, 0.717) is 23.1 Å². The first-order chi connectivity index (χ1) is 10.2. The van der Waals surface area contributed by atoms with Crippen molar-refractivity contribution in [2.24, 2.45) is 0 Å². The number of ketones is 2. The maximum Gasteiger partial charge on any atom is 0.189 e. The van der Waals surface area contributed by atoms with Gasteiger partial charge in [0.25, 0.3) is 0 Å². The molecule has 0 saturated carbocycles. The van der Waals surface area contributed by atoms with Crippen molar-refractivity contribution in [1.29, 1.82) is 0 Å². The zero-order valence-corrected chi connectivity index (χ0v) is 14.6. The lowest BCUT2D eigenvalue weighted by Gasteiger charge is -2.12. The van der Waals surface area contributed by atoms with Crippen molar-refractivity contribution in [1.82, 2.24) is 0 Å². The van der Waals surface area contributed by atoms with Crippen LogP contribution in [0.1, 0.15) is 82.0 Å². The van der Waals surface area contributed by atoms with Crippen LogP contribution < -0.4 is 0 Å². The summed E-state index contributed by atoms with van der Waals surface area (Å²) in [7, 11) is 0. The highest BCUT2D eigenvalue weighted by molar-refractivity contribution is 6.24. The fourth-order valence-electron chi connectivity index (χ4n) is 1.63. The summed E-state index contributed by atoms with van der Waals surface area (Å²) in [5.41, 5.74) is 1.67. The molecule has 0 amide bonds. The van der Waals surface area contributed by atoms with E-state index in [1.165, 1.54) is 12.5 Å². The monoisotopic (exact) mass is 290 g/mol. The molecule has 1 aliphatic rings. The van der Waals surface area contributed by atoms with Crippen LogP contribution >= 0.6 is 0 Å². The van der Waals surface area contributed by atoms with Crippen molar-refractivity contribution < 1.29 is 9.59 Å². The SMILES string of the molecule is CC.CC.CCC.CCC1=CC(=O)c2ccccc2C1=O. The van der Waals surface area contributed by atoms with Crippen LogP contribution in [-0.2, 0) is 0 Å². The number of fused-ring (bicyclic) bond motifs is 1. The van der Waals surface area contributed by atoms with Crippen LogP contribution in [0.4, 0.5) is 0 Å². The van der Waals surface area contributed by atoms with Gasteiger partial charge in [0.2, 0.25) is 0 Å². The van der Waals surface area contributed by atoms with Crippen molar-refractivity contribution in [2.45, 2.75) is 61.3 Å². The largest absolute Gasteiger partial charge is 0.289 e. The second-order valence-corrected chi connectivity index (χ2v) is 3.97. The van der Waals surface area contributed by atoms with E-state index >= 15 is 0 Å². The molecule has 0 unspecified atom stereocenters. The van der Waals surface area contributed by atoms with Gasteiger partial charge >= 0.3 is 0 Å². The average Bonchev–Trinajstić information content (AvgIpc) is 2.55. The number of hydrogen-bond donors (Lipinski definition) is 0. The molecule has 0 atom stereocenters. The number of carbonyl (C=O) groups excluding carboxylic acids is 2. The number of hydrogen-bond acceptors (Lipinski definition) is 2. The van der Waals surface area contributed by atoms with Gasteiger partial charge in [-0.15, -0.1) is 0 Å². The predicted octanol–water partition coefficient (Wildman–Crippen LogP) is 5.87. The van der Waals surface area contributed by atoms with E-state index in [9.17, 15) is 9.59 Å². The number of allylic oxidation sites excluding steroid dienone is 2. The molecule has 0 bridgehead atoms. The molecule has 0 fully saturated rings. The minimum atomic E-state index is -0.0583. The Bertz CT molecular complexity index is 456. The molecule has 21 heavy (non-hydrogen) atoms. The van der Waals surface area contributed by atoms with E-state index in [1.54, 1.807) is 24.3 Å². The fourth-order valence-corrected chi connectivity index (χ4v) is 1.63. The number of benzene rings is 1. The minimum Gasteiger partial charge on any atom is -0.289 e. The van der Waals surface area contributed by atoms with Crippen LogP contribution in [0.15, 0.2) is 35.9 Å². The summed E-state index contributed by atoms with van der Waals surface area (Å²) in [5, 5.41) is 0. The molecule has 118 valence electrons. The lowest BCUT2D eigenvalue weighted by Crippen LogP contribution is -2.16. The quantitative estimate of drug-likeness (QED) is 0.648. The summed E-state index contributed by atoms with van der Waals surface area (Å²) in [6.45, 7) is 14.1. The zero-order valence-electron chi connectivity index (χ0n) is 14.6. The van der Waals surface area contributed by atoms with Crippen molar-refractivity contribution >= 4 is 11.6 Å². The van der Waals surface area contributed by atoms with Crippen LogP contribution in [0.25, 0.3) is 0 Å². The van der Waals surface area contributed by atoms with Gasteiger partial charge in [-0.1, -0.05) is 79.2 Å². The third-order valence-electron chi connectivity index (χ3n) is 2.42. The summed E-state index contributed by atoms with van der Waals surface area (Å²) in [4.78, 5) is 23.3. The maximum atomic E-state index is 11.8. The molecule has 1 aliphatic carbocycles. The van der Waals surface area contributed by atoms with Gasteiger partial charge in [0.15, 0.2) is 11.6 Å². The molecule has 0 radical (unpaired) electrons. The minimum absolute atomic E-state index is 0.0114. The zero-order chi connectivity index (χ0) is 16.8. The normalized spacial score (nSPS) is 11.5. The average molecular weight is 290 g/mol. The highest BCUT2D eigenvalue weighted by atomic mass is 16.1. The molecular weight excluding hydrogens is 260 g/mol. The van der Waals surface area contributed by atoms with Gasteiger partial charge in [-0.25, -0.2) is 0 Å². The molecule has 0 spiro atoms. The lowest BCUT2D eigenvalue weighted by atomic mass is 9.88. The van der Waals surface area contributed by atoms with Gasteiger partial charge in [0.05, 0.1) is 0 Å². The molecule has 2 nitrogen and oxygen atoms in total. The van der Waals surface area contributed by atoms with Crippen LogP contribution in [0.3, 0.4) is 0 Å². The first-order valence-corrected chi connectivity index (χ1v) is 8.04. The van der Waals surface area contributed by atoms with Crippen molar-refractivity contribution in [3.63, 3.8) is 0 Å². The second-order valence-electron chi connectivity index (χ2n) is 3.97. The Balaban J connectivity index is 0. The second kappa shape index (κ2) is 13.3. The summed E-state index contributed by atoms with van der Waals surface area (Å²) in [6.07, 6.45) is 3.31. The molecule has 2 heteroatoms. The standard InChI is InChI=1S/C12H10O2.C3H8.2C2H6/c1-2-8-7-11(13)9-5-3-4-6-10(9)12(8)14;1-3-2;2*1-2/h3-7H,2H2,1H3;3H2,1-2H3;2*1-2H3. The molecule has 0 aliphatic heterocycles. The van der Waals surface area contributed by atoms with E-state index in [1.807, 2.05) is 34.6 Å². The van der Waals surface area contributed by atoms with Gasteiger partial charge in [0, 0.05) is 16.7 Å². The fraction of sp³-hybridized carbons (Fsp3) is 0.474. The van der Waals surface area contributed by atoms with Gasteiger partial charge in [-0.2, -0.15) is 0 Å². The smallest absolute Gasteiger partial charge is 0.189 e. The third-order valence-corrected chi connectivity index (χ3v) is 2.42. The van der Waals surface area contributed by atoms with Crippen LogP contribution in [0.2, 0.25) is 0 Å². The molecule has 2 rings (SSSR count). The summed E-state index contributed by atoms with van der Waals surface area (Å²) < 4.78 is 0. The molecule has 0 heterocycles. The Morgan fingerprint density at radius 3 is 1.67 bits per heavy atom. The van der Waals surface area contributed by atoms with Crippen molar-refractivity contribution in [3.8, 4) is 0 Å². The van der Waals surface area contributed by atoms with E-state index < -0.39 is 0 Å². The van der Waals surface area contributed by atoms with Gasteiger partial charge in [0.1, 0.15) is 0 Å². The summed E-state index contributed by atoms with van der Waals surface area (Å²) in [6, 6.07) is 6.95. The number of carbonyl (C=O) groups is 2. The molecular formula is C19H30O2. The topological polar surface area (TPSA) is 34.1 Å². The summed E-state index contributed by atoms with van der Waals surface area (Å²) >= 11 is 0. The van der Waals surface area contributed by atoms with E-state index in [4.69, 9.17) is 0 Å². The van der Waals surface area contributed by atoms with Crippen molar-refractivity contribution in [3.05, 3.63) is 47.0 Å². The molecule has 0 saturated heterocycles. The molecule has 0 N–H and O–H groups in total. The Morgan fingerprint density at radius 1 is 0.810 bits per heavy atom. The first kappa shape index (κ1) is 21.6. The van der Waals surface area contributed by atoms with Crippen LogP contribution in [-0.4, -0.2) is 11.6 Å². The van der Waals surface area contributed by atoms with Crippen LogP contribution in [0, 0.1) is 0 Å². The Kier molecular flexibility index (Phi) is 13.7. The lowest BCUT2D eigenvalue weighted by molar-refractivity contribution is 0.0982. The number of Topliss-reactive ketones (excluding diaryl/α,β-unsaturated/α-hetero) is 1. The van der Waals surface area contributed by atoms with Crippen molar-refractivity contribution in [2.75, 3.05) is 0 Å². The van der Waals surface area contributed by atoms with Gasteiger partial charge < -0.3 is 0 Å². The Hall–Kier alpha value is -1.70. The van der Waals surface area contributed by atoms with E-state index in [2.05, 4.69) is 13.8 Å². The highest BCUT2D eigenvalue weighted by Crippen LogP contribution is 2.22. The first-order valence-electron chi connectivity index (χ1n) is 8.04.